The Bertz CT molecular complexity index is 1060. The molecule has 3 N–H and O–H groups in total. The molecule has 4 rings (SSSR count). The van der Waals surface area contributed by atoms with E-state index in [1.54, 1.807) is 23.0 Å². The van der Waals surface area contributed by atoms with E-state index in [0.717, 1.165) is 5.56 Å². The van der Waals surface area contributed by atoms with Crippen LogP contribution in [0.25, 0.3) is 11.3 Å². The van der Waals surface area contributed by atoms with E-state index in [2.05, 4.69) is 20.9 Å². The highest BCUT2D eigenvalue weighted by molar-refractivity contribution is 5.89. The second-order valence-corrected chi connectivity index (χ2v) is 7.93. The van der Waals surface area contributed by atoms with E-state index in [0.29, 0.717) is 37.2 Å². The topological polar surface area (TPSA) is 101 Å². The number of urea groups is 1. The van der Waals surface area contributed by atoms with Crippen molar-refractivity contribution in [1.29, 1.82) is 0 Å². The number of amides is 2. The molecule has 0 unspecified atom stereocenters. The molecule has 10 heteroatoms. The summed E-state index contributed by atoms with van der Waals surface area (Å²) in [5, 5.41) is 23.5. The molecule has 1 aliphatic heterocycles. The molecule has 1 aliphatic rings. The van der Waals surface area contributed by atoms with E-state index < -0.39 is 12.1 Å². The summed E-state index contributed by atoms with van der Waals surface area (Å²) in [5.74, 6) is -0.689. The Morgan fingerprint density at radius 2 is 1.79 bits per heavy atom. The first kappa shape index (κ1) is 22.8. The lowest BCUT2D eigenvalue weighted by molar-refractivity contribution is -0.0905. The Kier molecular flexibility index (Phi) is 7.26. The van der Waals surface area contributed by atoms with Crippen LogP contribution in [0.3, 0.4) is 0 Å². The number of halogens is 2. The zero-order valence-electron chi connectivity index (χ0n) is 17.8. The first-order valence-corrected chi connectivity index (χ1v) is 10.8. The maximum Gasteiger partial charge on any atom is 0.319 e. The van der Waals surface area contributed by atoms with Crippen molar-refractivity contribution >= 4 is 11.7 Å². The fourth-order valence-corrected chi connectivity index (χ4v) is 3.81. The molecule has 0 saturated carbocycles. The number of carbonyl (C=O) groups excluding carboxylic acids is 1. The molecule has 2 aromatic carbocycles. The average Bonchev–Trinajstić information content (AvgIpc) is 3.29. The summed E-state index contributed by atoms with van der Waals surface area (Å²) in [6.07, 6.45) is 3.18. The van der Waals surface area contributed by atoms with Crippen molar-refractivity contribution in [3.8, 4) is 11.3 Å². The quantitative estimate of drug-likeness (QED) is 0.505. The number of benzene rings is 2. The average molecular weight is 457 g/mol. The predicted octanol–water partition coefficient (Wildman–Crippen LogP) is 3.34. The molecule has 2 amide bonds. The summed E-state index contributed by atoms with van der Waals surface area (Å²) in [5.41, 5.74) is 1.91. The molecule has 8 nitrogen and oxygen atoms in total. The van der Waals surface area contributed by atoms with Gasteiger partial charge in [0.05, 0.1) is 24.9 Å². The number of aliphatic hydroxyl groups excluding tert-OH is 1. The van der Waals surface area contributed by atoms with Crippen LogP contribution in [0.5, 0.6) is 0 Å². The fraction of sp³-hybridized carbons (Fsp3) is 0.348. The Balaban J connectivity index is 1.26. The Hall–Kier alpha value is -3.37. The van der Waals surface area contributed by atoms with Crippen LogP contribution in [0.4, 0.5) is 19.3 Å². The number of hydrogen-bond acceptors (Lipinski definition) is 5. The highest BCUT2D eigenvalue weighted by Gasteiger charge is 2.31. The SMILES string of the molecule is O=C(Nc1ccc(F)cc1)N[C@H]1CC[C@H](CCn2cc(-c3ccc(F)cc3)nn2)O[C@H]1CO. The molecule has 1 aromatic heterocycles. The van der Waals surface area contributed by atoms with Crippen molar-refractivity contribution in [2.24, 2.45) is 0 Å². The van der Waals surface area contributed by atoms with Crippen molar-refractivity contribution in [3.05, 3.63) is 66.4 Å². The number of aliphatic hydroxyl groups is 1. The number of anilines is 1. The summed E-state index contributed by atoms with van der Waals surface area (Å²) in [6, 6.07) is 10.7. The normalized spacial score (nSPS) is 20.4. The van der Waals surface area contributed by atoms with Crippen LogP contribution in [0.15, 0.2) is 54.7 Å². The van der Waals surface area contributed by atoms with Crippen LogP contribution >= 0.6 is 0 Å². The zero-order valence-corrected chi connectivity index (χ0v) is 17.8. The van der Waals surface area contributed by atoms with Crippen LogP contribution in [0.1, 0.15) is 19.3 Å². The molecule has 0 radical (unpaired) electrons. The van der Waals surface area contributed by atoms with Crippen molar-refractivity contribution in [2.45, 2.75) is 44.1 Å². The number of ether oxygens (including phenoxy) is 1. The van der Waals surface area contributed by atoms with E-state index in [4.69, 9.17) is 4.74 Å². The van der Waals surface area contributed by atoms with E-state index in [1.165, 1.54) is 36.4 Å². The third-order valence-corrected chi connectivity index (χ3v) is 5.57. The molecule has 1 fully saturated rings. The van der Waals surface area contributed by atoms with Gasteiger partial charge in [-0.25, -0.2) is 13.6 Å². The fourth-order valence-electron chi connectivity index (χ4n) is 3.81. The zero-order chi connectivity index (χ0) is 23.2. The molecule has 3 atom stereocenters. The van der Waals surface area contributed by atoms with E-state index in [1.807, 2.05) is 0 Å². The summed E-state index contributed by atoms with van der Waals surface area (Å²) < 4.78 is 33.8. The van der Waals surface area contributed by atoms with Gasteiger partial charge >= 0.3 is 6.03 Å². The van der Waals surface area contributed by atoms with Crippen LogP contribution in [0, 0.1) is 11.6 Å². The first-order valence-electron chi connectivity index (χ1n) is 10.8. The second kappa shape index (κ2) is 10.5. The molecular weight excluding hydrogens is 432 g/mol. The van der Waals surface area contributed by atoms with E-state index >= 15 is 0 Å². The predicted molar refractivity (Wildman–Crippen MR) is 117 cm³/mol. The van der Waals surface area contributed by atoms with E-state index in [-0.39, 0.29) is 30.4 Å². The van der Waals surface area contributed by atoms with Gasteiger partial charge in [-0.1, -0.05) is 5.21 Å². The van der Waals surface area contributed by atoms with Crippen molar-refractivity contribution in [1.82, 2.24) is 20.3 Å². The van der Waals surface area contributed by atoms with Gasteiger partial charge in [0.2, 0.25) is 0 Å². The number of nitrogens with one attached hydrogen (secondary N) is 2. The molecule has 0 bridgehead atoms. The number of hydrogen-bond donors (Lipinski definition) is 3. The maximum absolute atomic E-state index is 13.1. The summed E-state index contributed by atoms with van der Waals surface area (Å²) in [6.45, 7) is 0.343. The van der Waals surface area contributed by atoms with Gasteiger partial charge < -0.3 is 20.5 Å². The molecule has 0 aliphatic carbocycles. The smallest absolute Gasteiger partial charge is 0.319 e. The number of rotatable bonds is 7. The summed E-state index contributed by atoms with van der Waals surface area (Å²) in [7, 11) is 0. The minimum Gasteiger partial charge on any atom is -0.394 e. The maximum atomic E-state index is 13.1. The minimum absolute atomic E-state index is 0.0983. The number of aromatic nitrogens is 3. The van der Waals surface area contributed by atoms with Crippen LogP contribution in [-0.2, 0) is 11.3 Å². The Labute approximate surface area is 189 Å². The number of nitrogens with zero attached hydrogens (tertiary/aromatic N) is 3. The molecule has 0 spiro atoms. The molecular formula is C23H25F2N5O3. The Morgan fingerprint density at radius 3 is 2.48 bits per heavy atom. The minimum atomic E-state index is -0.534. The largest absolute Gasteiger partial charge is 0.394 e. The summed E-state index contributed by atoms with van der Waals surface area (Å²) >= 11 is 0. The van der Waals surface area contributed by atoms with Crippen molar-refractivity contribution in [2.75, 3.05) is 11.9 Å². The standard InChI is InChI=1S/C23H25F2N5O3/c24-16-3-1-15(2-4-16)21-13-30(29-28-21)12-11-19-9-10-20(22(14-31)33-19)27-23(32)26-18-7-5-17(25)6-8-18/h1-8,13,19-20,22,31H,9-12,14H2,(H2,26,27,32)/t19-,20+,22+/m1/s1. The van der Waals surface area contributed by atoms with Gasteiger partial charge in [-0.05, 0) is 67.8 Å². The molecule has 2 heterocycles. The molecule has 1 saturated heterocycles. The monoisotopic (exact) mass is 457 g/mol. The van der Waals surface area contributed by atoms with Gasteiger partial charge in [0.1, 0.15) is 23.4 Å². The van der Waals surface area contributed by atoms with Crippen molar-refractivity contribution in [3.63, 3.8) is 0 Å². The van der Waals surface area contributed by atoms with E-state index in [9.17, 15) is 18.7 Å². The number of aryl methyl sites for hydroxylation is 1. The van der Waals surface area contributed by atoms with Crippen LogP contribution < -0.4 is 10.6 Å². The first-order chi connectivity index (χ1) is 16.0. The lowest BCUT2D eigenvalue weighted by Crippen LogP contribution is -2.52. The van der Waals surface area contributed by atoms with Crippen LogP contribution in [-0.4, -0.2) is 51.0 Å². The molecule has 174 valence electrons. The summed E-state index contributed by atoms with van der Waals surface area (Å²) in [4.78, 5) is 12.3. The van der Waals surface area contributed by atoms with Gasteiger partial charge in [-0.15, -0.1) is 5.10 Å². The van der Waals surface area contributed by atoms with Crippen molar-refractivity contribution < 1.29 is 23.4 Å². The number of carbonyl (C=O) groups is 1. The van der Waals surface area contributed by atoms with Gasteiger partial charge in [-0.3, -0.25) is 4.68 Å². The third-order valence-electron chi connectivity index (χ3n) is 5.57. The van der Waals surface area contributed by atoms with Gasteiger partial charge in [0.15, 0.2) is 0 Å². The highest BCUT2D eigenvalue weighted by atomic mass is 19.1. The Morgan fingerprint density at radius 1 is 1.09 bits per heavy atom. The lowest BCUT2D eigenvalue weighted by atomic mass is 9.97. The lowest BCUT2D eigenvalue weighted by Gasteiger charge is -2.36. The second-order valence-electron chi connectivity index (χ2n) is 7.93. The third kappa shape index (κ3) is 6.11. The van der Waals surface area contributed by atoms with Gasteiger partial charge in [0.25, 0.3) is 0 Å². The van der Waals surface area contributed by atoms with Gasteiger partial charge in [0, 0.05) is 17.8 Å². The molecule has 33 heavy (non-hydrogen) atoms. The molecule has 3 aromatic rings. The highest BCUT2D eigenvalue weighted by Crippen LogP contribution is 2.23. The van der Waals surface area contributed by atoms with Crippen LogP contribution in [0.2, 0.25) is 0 Å². The van der Waals surface area contributed by atoms with Gasteiger partial charge in [-0.2, -0.15) is 0 Å².